The zero-order valence-electron chi connectivity index (χ0n) is 18.1. The summed E-state index contributed by atoms with van der Waals surface area (Å²) < 4.78 is 10.8. The molecule has 0 aliphatic rings. The number of nitrogens with one attached hydrogen (secondary N) is 1. The van der Waals surface area contributed by atoms with Crippen molar-refractivity contribution < 1.29 is 14.3 Å². The smallest absolute Gasteiger partial charge is 0.321 e. The highest BCUT2D eigenvalue weighted by Gasteiger charge is 2.08. The van der Waals surface area contributed by atoms with Crippen LogP contribution in [0.1, 0.15) is 21.5 Å². The number of hydrogen-bond acceptors (Lipinski definition) is 5. The zero-order valence-corrected chi connectivity index (χ0v) is 18.1. The summed E-state index contributed by atoms with van der Waals surface area (Å²) in [4.78, 5) is 21.1. The molecule has 0 fully saturated rings. The molecule has 0 radical (unpaired) electrons. The van der Waals surface area contributed by atoms with Crippen molar-refractivity contribution in [1.82, 2.24) is 9.97 Å². The number of rotatable bonds is 6. The van der Waals surface area contributed by atoms with E-state index in [0.29, 0.717) is 11.3 Å². The Kier molecular flexibility index (Phi) is 6.12. The maximum Gasteiger partial charge on any atom is 0.321 e. The molecule has 4 aromatic rings. The number of aryl methyl sites for hydroxylation is 2. The Morgan fingerprint density at radius 1 is 0.781 bits per heavy atom. The van der Waals surface area contributed by atoms with Crippen molar-refractivity contribution in [3.8, 4) is 28.6 Å². The van der Waals surface area contributed by atoms with Gasteiger partial charge in [0.2, 0.25) is 0 Å². The number of benzene rings is 3. The fraction of sp³-hybridized carbons (Fsp3) is 0.115. The molecule has 0 aliphatic carbocycles. The molecule has 32 heavy (non-hydrogen) atoms. The van der Waals surface area contributed by atoms with E-state index in [2.05, 4.69) is 21.4 Å². The van der Waals surface area contributed by atoms with Crippen molar-refractivity contribution in [3.05, 3.63) is 95.8 Å². The number of carbonyl (C=O) groups excluding carboxylic acids is 1. The third-order valence-electron chi connectivity index (χ3n) is 4.86. The lowest BCUT2D eigenvalue weighted by molar-refractivity contribution is 0.102. The summed E-state index contributed by atoms with van der Waals surface area (Å²) in [5.41, 5.74) is 5.31. The van der Waals surface area contributed by atoms with Gasteiger partial charge in [0, 0.05) is 29.2 Å². The van der Waals surface area contributed by atoms with Crippen LogP contribution in [0.25, 0.3) is 11.1 Å². The lowest BCUT2D eigenvalue weighted by Gasteiger charge is -2.09. The van der Waals surface area contributed by atoms with Gasteiger partial charge in [0.25, 0.3) is 5.91 Å². The molecule has 0 bridgehead atoms. The van der Waals surface area contributed by atoms with Gasteiger partial charge in [-0.05, 0) is 79.1 Å². The summed E-state index contributed by atoms with van der Waals surface area (Å²) >= 11 is 0. The first-order valence-corrected chi connectivity index (χ1v) is 10.1. The fourth-order valence-corrected chi connectivity index (χ4v) is 3.33. The van der Waals surface area contributed by atoms with E-state index in [4.69, 9.17) is 9.47 Å². The first-order chi connectivity index (χ1) is 15.5. The molecule has 160 valence electrons. The summed E-state index contributed by atoms with van der Waals surface area (Å²) in [6.45, 7) is 4.01. The minimum absolute atomic E-state index is 0.152. The molecule has 6 nitrogen and oxygen atoms in total. The molecule has 0 unspecified atom stereocenters. The summed E-state index contributed by atoms with van der Waals surface area (Å²) in [6.07, 6.45) is 3.38. The molecule has 1 N–H and O–H groups in total. The normalized spacial score (nSPS) is 10.5. The molecule has 0 aliphatic heterocycles. The molecule has 0 saturated heterocycles. The van der Waals surface area contributed by atoms with Gasteiger partial charge in [-0.15, -0.1) is 0 Å². The van der Waals surface area contributed by atoms with Crippen LogP contribution >= 0.6 is 0 Å². The second-order valence-electron chi connectivity index (χ2n) is 7.44. The number of nitrogens with zero attached hydrogens (tertiary/aromatic N) is 2. The van der Waals surface area contributed by atoms with Crippen LogP contribution in [0, 0.1) is 13.8 Å². The molecular formula is C26H23N3O3. The molecule has 0 spiro atoms. The molecule has 0 atom stereocenters. The lowest BCUT2D eigenvalue weighted by atomic mass is 10.1. The van der Waals surface area contributed by atoms with E-state index in [-0.39, 0.29) is 11.9 Å². The predicted octanol–water partition coefficient (Wildman–Crippen LogP) is 5.81. The standard InChI is InChI=1S/C26H23N3O3/c1-17-12-18(2)14-22(13-17)29-25(30)20-6-4-19(5-7-20)21-15-27-26(28-16-21)32-24-10-8-23(31-3)9-11-24/h4-16H,1-3H3,(H,29,30). The minimum Gasteiger partial charge on any atom is -0.497 e. The second-order valence-corrected chi connectivity index (χ2v) is 7.44. The highest BCUT2D eigenvalue weighted by molar-refractivity contribution is 6.04. The van der Waals surface area contributed by atoms with Crippen LogP contribution < -0.4 is 14.8 Å². The third kappa shape index (κ3) is 5.10. The van der Waals surface area contributed by atoms with Crippen molar-refractivity contribution in [2.75, 3.05) is 12.4 Å². The van der Waals surface area contributed by atoms with E-state index >= 15 is 0 Å². The minimum atomic E-state index is -0.152. The predicted molar refractivity (Wildman–Crippen MR) is 124 cm³/mol. The first kappa shape index (κ1) is 21.1. The maximum atomic E-state index is 12.6. The number of methoxy groups -OCH3 is 1. The topological polar surface area (TPSA) is 73.3 Å². The Labute approximate surface area is 186 Å². The number of ether oxygens (including phenoxy) is 2. The summed E-state index contributed by atoms with van der Waals surface area (Å²) in [6, 6.07) is 20.7. The highest BCUT2D eigenvalue weighted by atomic mass is 16.5. The molecular weight excluding hydrogens is 402 g/mol. The van der Waals surface area contributed by atoms with Crippen LogP contribution in [-0.2, 0) is 0 Å². The fourth-order valence-electron chi connectivity index (χ4n) is 3.33. The Balaban J connectivity index is 1.42. The molecule has 4 rings (SSSR count). The molecule has 1 heterocycles. The Morgan fingerprint density at radius 3 is 1.97 bits per heavy atom. The van der Waals surface area contributed by atoms with Gasteiger partial charge in [0.1, 0.15) is 11.5 Å². The SMILES string of the molecule is COc1ccc(Oc2ncc(-c3ccc(C(=O)Nc4cc(C)cc(C)c4)cc3)cn2)cc1. The van der Waals surface area contributed by atoms with Gasteiger partial charge in [-0.3, -0.25) is 4.79 Å². The highest BCUT2D eigenvalue weighted by Crippen LogP contribution is 2.24. The number of amides is 1. The van der Waals surface area contributed by atoms with Crippen LogP contribution in [0.4, 0.5) is 5.69 Å². The van der Waals surface area contributed by atoms with Crippen molar-refractivity contribution in [2.45, 2.75) is 13.8 Å². The van der Waals surface area contributed by atoms with Gasteiger partial charge in [0.05, 0.1) is 7.11 Å². The molecule has 1 amide bonds. The molecule has 3 aromatic carbocycles. The van der Waals surface area contributed by atoms with Crippen molar-refractivity contribution in [1.29, 1.82) is 0 Å². The van der Waals surface area contributed by atoms with Gasteiger partial charge in [0.15, 0.2) is 0 Å². The van der Waals surface area contributed by atoms with E-state index in [1.807, 2.05) is 50.2 Å². The maximum absolute atomic E-state index is 12.6. The number of hydrogen-bond donors (Lipinski definition) is 1. The van der Waals surface area contributed by atoms with Crippen LogP contribution in [0.3, 0.4) is 0 Å². The number of aromatic nitrogens is 2. The molecule has 6 heteroatoms. The van der Waals surface area contributed by atoms with Gasteiger partial charge in [-0.2, -0.15) is 0 Å². The molecule has 0 saturated carbocycles. The van der Waals surface area contributed by atoms with E-state index < -0.39 is 0 Å². The van der Waals surface area contributed by atoms with Gasteiger partial charge in [-0.1, -0.05) is 18.2 Å². The van der Waals surface area contributed by atoms with Gasteiger partial charge in [-0.25, -0.2) is 9.97 Å². The van der Waals surface area contributed by atoms with Crippen molar-refractivity contribution >= 4 is 11.6 Å². The number of carbonyl (C=O) groups is 1. The van der Waals surface area contributed by atoms with E-state index in [0.717, 1.165) is 33.7 Å². The largest absolute Gasteiger partial charge is 0.497 e. The number of anilines is 1. The lowest BCUT2D eigenvalue weighted by Crippen LogP contribution is -2.12. The Bertz CT molecular complexity index is 1200. The average Bonchev–Trinajstić information content (AvgIpc) is 2.79. The summed E-state index contributed by atoms with van der Waals surface area (Å²) in [7, 11) is 1.61. The van der Waals surface area contributed by atoms with Crippen molar-refractivity contribution in [3.63, 3.8) is 0 Å². The third-order valence-corrected chi connectivity index (χ3v) is 4.86. The molecule has 1 aromatic heterocycles. The quantitative estimate of drug-likeness (QED) is 0.422. The van der Waals surface area contributed by atoms with Crippen LogP contribution in [0.15, 0.2) is 79.1 Å². The average molecular weight is 425 g/mol. The van der Waals surface area contributed by atoms with Crippen molar-refractivity contribution in [2.24, 2.45) is 0 Å². The summed E-state index contributed by atoms with van der Waals surface area (Å²) in [5, 5.41) is 2.95. The van der Waals surface area contributed by atoms with E-state index in [1.165, 1.54) is 0 Å². The second kappa shape index (κ2) is 9.31. The van der Waals surface area contributed by atoms with Crippen LogP contribution in [-0.4, -0.2) is 23.0 Å². The Morgan fingerprint density at radius 2 is 1.38 bits per heavy atom. The van der Waals surface area contributed by atoms with E-state index in [1.54, 1.807) is 43.8 Å². The van der Waals surface area contributed by atoms with Crippen LogP contribution in [0.2, 0.25) is 0 Å². The summed E-state index contributed by atoms with van der Waals surface area (Å²) in [5.74, 6) is 1.22. The zero-order chi connectivity index (χ0) is 22.5. The van der Waals surface area contributed by atoms with E-state index in [9.17, 15) is 4.79 Å². The van der Waals surface area contributed by atoms with Crippen LogP contribution in [0.5, 0.6) is 17.5 Å². The first-order valence-electron chi connectivity index (χ1n) is 10.1. The Hall–Kier alpha value is -4.19. The van der Waals surface area contributed by atoms with Gasteiger partial charge < -0.3 is 14.8 Å². The monoisotopic (exact) mass is 425 g/mol. The van der Waals surface area contributed by atoms with Gasteiger partial charge >= 0.3 is 6.01 Å².